The molecule has 0 amide bonds. The van der Waals surface area contributed by atoms with Gasteiger partial charge in [0.25, 0.3) is 0 Å². The number of nitrogens with two attached hydrogens (primary N) is 1. The lowest BCUT2D eigenvalue weighted by Gasteiger charge is -2.16. The summed E-state index contributed by atoms with van der Waals surface area (Å²) in [7, 11) is 5.33. The molecule has 2 aromatic heterocycles. The summed E-state index contributed by atoms with van der Waals surface area (Å²) in [6, 6.07) is 8.23. The molecule has 30 heavy (non-hydrogen) atoms. The first-order chi connectivity index (χ1) is 14.5. The summed E-state index contributed by atoms with van der Waals surface area (Å²) < 4.78 is 17.1. The number of rotatable bonds is 11. The summed E-state index contributed by atoms with van der Waals surface area (Å²) in [6.45, 7) is 3.42. The third-order valence-electron chi connectivity index (χ3n) is 4.64. The number of nitrogens with one attached hydrogen (secondary N) is 1. The summed E-state index contributed by atoms with van der Waals surface area (Å²) >= 11 is 0. The molecular weight excluding hydrogens is 388 g/mol. The van der Waals surface area contributed by atoms with Gasteiger partial charge < -0.3 is 24.9 Å². The van der Waals surface area contributed by atoms with E-state index in [0.717, 1.165) is 18.7 Å². The van der Waals surface area contributed by atoms with E-state index in [9.17, 15) is 4.79 Å². The average Bonchev–Trinajstić information content (AvgIpc) is 3.04. The summed E-state index contributed by atoms with van der Waals surface area (Å²) in [6.07, 6.45) is 0. The number of aromatic amines is 1. The van der Waals surface area contributed by atoms with Crippen LogP contribution in [0.2, 0.25) is 0 Å². The van der Waals surface area contributed by atoms with Crippen LogP contribution in [0.3, 0.4) is 0 Å². The van der Waals surface area contributed by atoms with Crippen LogP contribution < -0.4 is 16.2 Å². The van der Waals surface area contributed by atoms with Gasteiger partial charge in [-0.25, -0.2) is 4.79 Å². The molecule has 3 N–H and O–H groups in total. The zero-order chi connectivity index (χ0) is 21.5. The van der Waals surface area contributed by atoms with Crippen molar-refractivity contribution < 1.29 is 14.2 Å². The van der Waals surface area contributed by atoms with Crippen LogP contribution in [0.4, 0.5) is 5.82 Å². The molecule has 0 aliphatic heterocycles. The second-order valence-corrected chi connectivity index (χ2v) is 6.99. The van der Waals surface area contributed by atoms with Crippen LogP contribution in [0, 0.1) is 0 Å². The van der Waals surface area contributed by atoms with Gasteiger partial charge in [-0.15, -0.1) is 0 Å². The predicted molar refractivity (Wildman–Crippen MR) is 114 cm³/mol. The molecule has 10 heteroatoms. The van der Waals surface area contributed by atoms with Crippen LogP contribution >= 0.6 is 0 Å². The quantitative estimate of drug-likeness (QED) is 0.442. The molecule has 0 fully saturated rings. The van der Waals surface area contributed by atoms with E-state index in [-0.39, 0.29) is 24.1 Å². The van der Waals surface area contributed by atoms with Gasteiger partial charge in [0, 0.05) is 27.3 Å². The van der Waals surface area contributed by atoms with Crippen molar-refractivity contribution in [1.82, 2.24) is 24.4 Å². The minimum Gasteiger partial charge on any atom is -0.461 e. The first kappa shape index (κ1) is 21.8. The molecule has 0 aliphatic rings. The molecule has 0 saturated heterocycles. The number of anilines is 1. The summed E-state index contributed by atoms with van der Waals surface area (Å²) in [5, 5.41) is 0. The van der Waals surface area contributed by atoms with E-state index in [0.29, 0.717) is 30.9 Å². The number of ether oxygens (including phenoxy) is 3. The average molecular weight is 416 g/mol. The number of aromatic nitrogens is 4. The molecule has 0 bridgehead atoms. The highest BCUT2D eigenvalue weighted by molar-refractivity contribution is 5.81. The van der Waals surface area contributed by atoms with Gasteiger partial charge in [0.15, 0.2) is 11.5 Å². The molecular formula is C20H28N6O4. The Morgan fingerprint density at radius 3 is 2.47 bits per heavy atom. The Morgan fingerprint density at radius 2 is 1.77 bits per heavy atom. The summed E-state index contributed by atoms with van der Waals surface area (Å²) in [5.41, 5.74) is 8.64. The number of imidazole rings is 1. The molecule has 3 rings (SSSR count). The van der Waals surface area contributed by atoms with E-state index in [4.69, 9.17) is 19.9 Å². The van der Waals surface area contributed by atoms with Gasteiger partial charge in [0.05, 0.1) is 19.8 Å². The maximum Gasteiger partial charge on any atom is 0.328 e. The zero-order valence-corrected chi connectivity index (χ0v) is 17.6. The number of nitrogen functional groups attached to an aromatic ring is 1. The highest BCUT2D eigenvalue weighted by atomic mass is 16.5. The topological polar surface area (TPSA) is 121 Å². The molecule has 0 aliphatic carbocycles. The van der Waals surface area contributed by atoms with Gasteiger partial charge in [0.2, 0.25) is 0 Å². The van der Waals surface area contributed by atoms with Crippen LogP contribution in [0.1, 0.15) is 11.1 Å². The van der Waals surface area contributed by atoms with E-state index >= 15 is 0 Å². The van der Waals surface area contributed by atoms with Crippen LogP contribution in [0.25, 0.3) is 11.2 Å². The van der Waals surface area contributed by atoms with Gasteiger partial charge in [-0.05, 0) is 18.2 Å². The predicted octanol–water partition coefficient (Wildman–Crippen LogP) is 0.854. The fourth-order valence-electron chi connectivity index (χ4n) is 3.03. The standard InChI is InChI=1S/C20H28N6O4/c1-25(8-9-28-2)12-14-4-6-15(7-5-14)13-26-18-16(22-20(26)27)17(21)23-19(24-18)30-11-10-29-3/h4-7H,8-13H2,1-3H3,(H,22,27)(H2,21,23,24). The van der Waals surface area contributed by atoms with E-state index < -0.39 is 0 Å². The molecule has 162 valence electrons. The van der Waals surface area contributed by atoms with Crippen LogP contribution in [-0.4, -0.2) is 72.1 Å². The number of benzene rings is 1. The molecule has 0 spiro atoms. The zero-order valence-electron chi connectivity index (χ0n) is 17.6. The highest BCUT2D eigenvalue weighted by Gasteiger charge is 2.15. The Labute approximate surface area is 174 Å². The number of hydrogen-bond donors (Lipinski definition) is 2. The Morgan fingerprint density at radius 1 is 1.07 bits per heavy atom. The number of nitrogens with zero attached hydrogens (tertiary/aromatic N) is 4. The van der Waals surface area contributed by atoms with E-state index in [1.54, 1.807) is 14.2 Å². The fourth-order valence-corrected chi connectivity index (χ4v) is 3.03. The van der Waals surface area contributed by atoms with Crippen molar-refractivity contribution in [3.63, 3.8) is 0 Å². The Balaban J connectivity index is 1.77. The molecule has 2 heterocycles. The fraction of sp³-hybridized carbons (Fsp3) is 0.450. The molecule has 0 saturated carbocycles. The maximum absolute atomic E-state index is 12.5. The van der Waals surface area contributed by atoms with E-state index in [1.807, 2.05) is 12.1 Å². The number of fused-ring (bicyclic) bond motifs is 1. The van der Waals surface area contributed by atoms with Gasteiger partial charge in [-0.2, -0.15) is 9.97 Å². The highest BCUT2D eigenvalue weighted by Crippen LogP contribution is 2.18. The minimum absolute atomic E-state index is 0.110. The first-order valence-corrected chi connectivity index (χ1v) is 9.65. The SMILES string of the molecule is COCCOc1nc(N)c2[nH]c(=O)n(Cc3ccc(CN(C)CCOC)cc3)c2n1. The van der Waals surface area contributed by atoms with Gasteiger partial charge in [-0.1, -0.05) is 24.3 Å². The van der Waals surface area contributed by atoms with Crippen molar-refractivity contribution in [2.45, 2.75) is 13.1 Å². The normalized spacial score (nSPS) is 11.5. The molecule has 0 radical (unpaired) electrons. The van der Waals surface area contributed by atoms with Gasteiger partial charge in [0.1, 0.15) is 12.1 Å². The van der Waals surface area contributed by atoms with Crippen LogP contribution in [0.15, 0.2) is 29.1 Å². The monoisotopic (exact) mass is 416 g/mol. The Hall–Kier alpha value is -2.95. The molecule has 10 nitrogen and oxygen atoms in total. The summed E-state index contributed by atoms with van der Waals surface area (Å²) in [4.78, 5) is 25.8. The Kier molecular flexibility index (Phi) is 7.39. The number of likely N-dealkylation sites (N-methyl/N-ethyl adjacent to an activating group) is 1. The summed E-state index contributed by atoms with van der Waals surface area (Å²) in [5.74, 6) is 0.165. The number of H-pyrrole nitrogens is 1. The lowest BCUT2D eigenvalue weighted by Crippen LogP contribution is -2.22. The third kappa shape index (κ3) is 5.35. The number of methoxy groups -OCH3 is 2. The smallest absolute Gasteiger partial charge is 0.328 e. The Bertz CT molecular complexity index is 1010. The molecule has 1 aromatic carbocycles. The van der Waals surface area contributed by atoms with Gasteiger partial charge >= 0.3 is 11.7 Å². The van der Waals surface area contributed by atoms with Crippen LogP contribution in [-0.2, 0) is 22.6 Å². The lowest BCUT2D eigenvalue weighted by atomic mass is 10.1. The second-order valence-electron chi connectivity index (χ2n) is 6.99. The van der Waals surface area contributed by atoms with E-state index in [1.165, 1.54) is 10.1 Å². The maximum atomic E-state index is 12.5. The van der Waals surface area contributed by atoms with E-state index in [2.05, 4.69) is 39.0 Å². The molecule has 3 aromatic rings. The third-order valence-corrected chi connectivity index (χ3v) is 4.64. The number of hydrogen-bond acceptors (Lipinski definition) is 8. The largest absolute Gasteiger partial charge is 0.461 e. The molecule has 0 atom stereocenters. The van der Waals surface area contributed by atoms with Crippen molar-refractivity contribution in [2.75, 3.05) is 53.4 Å². The minimum atomic E-state index is -0.302. The molecule has 0 unspecified atom stereocenters. The van der Waals surface area contributed by atoms with Crippen molar-refractivity contribution in [3.8, 4) is 6.01 Å². The van der Waals surface area contributed by atoms with Crippen molar-refractivity contribution in [3.05, 3.63) is 45.9 Å². The first-order valence-electron chi connectivity index (χ1n) is 9.65. The van der Waals surface area contributed by atoms with Crippen molar-refractivity contribution in [1.29, 1.82) is 0 Å². The van der Waals surface area contributed by atoms with Crippen molar-refractivity contribution >= 4 is 17.0 Å². The second kappa shape index (κ2) is 10.2. The van der Waals surface area contributed by atoms with Gasteiger partial charge in [-0.3, -0.25) is 9.47 Å². The van der Waals surface area contributed by atoms with Crippen LogP contribution in [0.5, 0.6) is 6.01 Å². The lowest BCUT2D eigenvalue weighted by molar-refractivity contribution is 0.141. The van der Waals surface area contributed by atoms with Crippen molar-refractivity contribution in [2.24, 2.45) is 0 Å².